The van der Waals surface area contributed by atoms with E-state index in [9.17, 15) is 0 Å². The van der Waals surface area contributed by atoms with Gasteiger partial charge in [0.25, 0.3) is 0 Å². The monoisotopic (exact) mass is 598 g/mol. The van der Waals surface area contributed by atoms with Gasteiger partial charge in [-0.25, -0.2) is 0 Å². The molecular weight excluding hydrogens is 564 g/mol. The molecule has 4 aromatic carbocycles. The fourth-order valence-corrected chi connectivity index (χ4v) is 5.85. The van der Waals surface area contributed by atoms with Gasteiger partial charge in [0, 0.05) is 0 Å². The van der Waals surface area contributed by atoms with Crippen LogP contribution in [0.5, 0.6) is 0 Å². The van der Waals surface area contributed by atoms with Gasteiger partial charge in [0.1, 0.15) is 0 Å². The van der Waals surface area contributed by atoms with Gasteiger partial charge in [-0.3, -0.25) is 0 Å². The summed E-state index contributed by atoms with van der Waals surface area (Å²) >= 11 is 3.08. The summed E-state index contributed by atoms with van der Waals surface area (Å²) in [6.45, 7) is 1.67. The number of rotatable bonds is 11. The van der Waals surface area contributed by atoms with Crippen LogP contribution in [-0.2, 0) is 59.4 Å². The number of hydrogen-bond acceptors (Lipinski definition) is 5. The Bertz CT molecular complexity index is 1450. The van der Waals surface area contributed by atoms with E-state index in [4.69, 9.17) is 23.7 Å². The van der Waals surface area contributed by atoms with Crippen LogP contribution in [0.4, 0.5) is 0 Å². The van der Waals surface area contributed by atoms with Crippen LogP contribution in [0.15, 0.2) is 127 Å². The molecule has 0 aliphatic carbocycles. The predicted octanol–water partition coefficient (Wildman–Crippen LogP) is 6.30. The van der Waals surface area contributed by atoms with Crippen molar-refractivity contribution in [1.82, 2.24) is 0 Å². The third-order valence-electron chi connectivity index (χ3n) is 7.54. The van der Waals surface area contributed by atoms with Crippen LogP contribution in [0.2, 0.25) is 0 Å². The third-order valence-corrected chi connectivity index (χ3v) is 7.87. The maximum atomic E-state index is 6.88. The first kappa shape index (κ1) is 28.9. The Morgan fingerprint density at radius 2 is 1.10 bits per heavy atom. The molecule has 2 aliphatic heterocycles. The van der Waals surface area contributed by atoms with Gasteiger partial charge in [-0.1, -0.05) is 6.07 Å². The molecule has 0 aromatic heterocycles. The van der Waals surface area contributed by atoms with Crippen molar-refractivity contribution in [3.05, 3.63) is 150 Å². The Morgan fingerprint density at radius 1 is 0.595 bits per heavy atom. The van der Waals surface area contributed by atoms with E-state index in [1.165, 1.54) is 0 Å². The van der Waals surface area contributed by atoms with Gasteiger partial charge < -0.3 is 0 Å². The molecule has 0 amide bonds. The molecule has 4 aromatic rings. The second-order valence-corrected chi connectivity index (χ2v) is 11.1. The van der Waals surface area contributed by atoms with Crippen LogP contribution in [0.1, 0.15) is 22.3 Å². The minimum absolute atomic E-state index is 0.347. The Hall–Kier alpha value is -3.18. The number of benzene rings is 4. The number of fused-ring (bicyclic) bond motifs is 1. The SMILES string of the molecule is [Cr]=[C]1C=C(c2ccccc2)[C@@H]2O[C@H](COCc3ccccc3)[C@@H](OCc3ccccc3)[C@H](OCc3ccccc3)[C@H]2O1. The zero-order chi connectivity index (χ0) is 28.6. The van der Waals surface area contributed by atoms with Crippen molar-refractivity contribution >= 4 is 10.1 Å². The fraction of sp³-hybridized carbons (Fsp3) is 0.250. The first-order valence-corrected chi connectivity index (χ1v) is 14.9. The van der Waals surface area contributed by atoms with Crippen LogP contribution >= 0.6 is 0 Å². The molecule has 214 valence electrons. The first-order chi connectivity index (χ1) is 20.7. The van der Waals surface area contributed by atoms with E-state index >= 15 is 0 Å². The molecule has 0 radical (unpaired) electrons. The van der Waals surface area contributed by atoms with Crippen LogP contribution in [-0.4, -0.2) is 41.7 Å². The van der Waals surface area contributed by atoms with Gasteiger partial charge in [-0.05, 0) is 0 Å². The Morgan fingerprint density at radius 3 is 1.67 bits per heavy atom. The van der Waals surface area contributed by atoms with Crippen LogP contribution < -0.4 is 0 Å². The van der Waals surface area contributed by atoms with Crippen molar-refractivity contribution in [2.24, 2.45) is 0 Å². The number of ether oxygens (including phenoxy) is 5. The predicted molar refractivity (Wildman–Crippen MR) is 159 cm³/mol. The van der Waals surface area contributed by atoms with Crippen LogP contribution in [0, 0.1) is 0 Å². The average Bonchev–Trinajstić information content (AvgIpc) is 3.04. The first-order valence-electron chi connectivity index (χ1n) is 14.3. The van der Waals surface area contributed by atoms with E-state index in [1.54, 1.807) is 0 Å². The second-order valence-electron chi connectivity index (χ2n) is 10.5. The summed E-state index contributed by atoms with van der Waals surface area (Å²) in [7, 11) is 0. The molecule has 1 saturated heterocycles. The van der Waals surface area contributed by atoms with E-state index < -0.39 is 24.4 Å². The standard InChI is InChI=1S/C36H34O5.Cr/c1-5-13-27(14-6-1)23-37-26-32-34(39-24-28-15-7-2-8-16-28)36(40-25-29-17-9-3-10-18-29)35-33(41-32)31(21-22-38-35)30-19-11-4-12-20-30;/h1-21,32-36H,23-26H2;/t32-,33+,34-,35+,36+;/m1./s1. The van der Waals surface area contributed by atoms with E-state index in [1.807, 2.05) is 78.9 Å². The molecule has 0 N–H and O–H groups in total. The van der Waals surface area contributed by atoms with E-state index in [0.717, 1.165) is 27.8 Å². The molecule has 0 spiro atoms. The summed E-state index contributed by atoms with van der Waals surface area (Å²) in [5, 5.41) is 0. The molecule has 42 heavy (non-hydrogen) atoms. The molecule has 2 heterocycles. The molecule has 0 unspecified atom stereocenters. The second kappa shape index (κ2) is 14.3. The van der Waals surface area contributed by atoms with Gasteiger partial charge in [0.05, 0.1) is 0 Å². The van der Waals surface area contributed by atoms with Gasteiger partial charge >= 0.3 is 250 Å². The molecule has 2 aliphatic rings. The summed E-state index contributed by atoms with van der Waals surface area (Å²) < 4.78 is 33.7. The average molecular weight is 599 g/mol. The van der Waals surface area contributed by atoms with Gasteiger partial charge in [-0.15, -0.1) is 0 Å². The van der Waals surface area contributed by atoms with E-state index in [0.29, 0.717) is 31.0 Å². The molecule has 5 nitrogen and oxygen atoms in total. The van der Waals surface area contributed by atoms with Crippen molar-refractivity contribution in [2.75, 3.05) is 6.61 Å². The summed E-state index contributed by atoms with van der Waals surface area (Å²) in [5.74, 6) is 0. The van der Waals surface area contributed by atoms with Gasteiger partial charge in [0.2, 0.25) is 0 Å². The minimum atomic E-state index is -0.436. The Balaban J connectivity index is 1.31. The zero-order valence-electron chi connectivity index (χ0n) is 23.3. The fourth-order valence-electron chi connectivity index (χ4n) is 5.48. The topological polar surface area (TPSA) is 46.2 Å². The summed E-state index contributed by atoms with van der Waals surface area (Å²) in [6, 6.07) is 40.8. The molecule has 0 bridgehead atoms. The molecule has 0 saturated carbocycles. The normalized spacial score (nSPS) is 23.7. The van der Waals surface area contributed by atoms with Gasteiger partial charge in [-0.2, -0.15) is 0 Å². The summed E-state index contributed by atoms with van der Waals surface area (Å²) in [6.07, 6.45) is -0.0127. The van der Waals surface area contributed by atoms with Gasteiger partial charge in [0.15, 0.2) is 0 Å². The maximum absolute atomic E-state index is 6.88. The molecular formula is C36H34CrO5. The van der Waals surface area contributed by atoms with E-state index in [-0.39, 0.29) is 6.10 Å². The van der Waals surface area contributed by atoms with Crippen molar-refractivity contribution in [3.63, 3.8) is 0 Å². The molecule has 1 fully saturated rings. The number of hydrogen-bond donors (Lipinski definition) is 0. The van der Waals surface area contributed by atoms with Crippen molar-refractivity contribution < 1.29 is 39.5 Å². The third kappa shape index (κ3) is 7.23. The Labute approximate surface area is 255 Å². The Kier molecular flexibility index (Phi) is 9.87. The zero-order valence-corrected chi connectivity index (χ0v) is 24.6. The molecule has 6 rings (SSSR count). The van der Waals surface area contributed by atoms with Crippen LogP contribution in [0.3, 0.4) is 0 Å². The van der Waals surface area contributed by atoms with Crippen LogP contribution in [0.25, 0.3) is 5.57 Å². The van der Waals surface area contributed by atoms with Crippen molar-refractivity contribution in [1.29, 1.82) is 0 Å². The van der Waals surface area contributed by atoms with Crippen molar-refractivity contribution in [3.8, 4) is 0 Å². The summed E-state index contributed by atoms with van der Waals surface area (Å²) in [5.41, 5.74) is 5.40. The van der Waals surface area contributed by atoms with E-state index in [2.05, 4.69) is 64.4 Å². The molecule has 5 atom stereocenters. The molecule has 6 heteroatoms. The quantitative estimate of drug-likeness (QED) is 0.203. The summed E-state index contributed by atoms with van der Waals surface area (Å²) in [4.78, 5) is 0. The van der Waals surface area contributed by atoms with Crippen molar-refractivity contribution in [2.45, 2.75) is 50.3 Å².